The standard InChI is InChI=1S/C34H48N6O/c1-25(2)14-21-39(22-15-26(3)4)33(41)28-10-12-30-32(23-28)40(20-8-19-38-17-6-5-7-18-38)34(37-30)36-29-11-9-27-13-16-35-31(27)24-29/h9-13,16,23-26,35H,5-8,14-15,17-22H2,1-4H3,(H,36,37). The number of rotatable bonds is 13. The first-order chi connectivity index (χ1) is 19.9. The van der Waals surface area contributed by atoms with E-state index in [9.17, 15) is 4.79 Å². The highest BCUT2D eigenvalue weighted by Crippen LogP contribution is 2.27. The number of amides is 1. The zero-order valence-electron chi connectivity index (χ0n) is 25.5. The Hall–Kier alpha value is -3.32. The van der Waals surface area contributed by atoms with Gasteiger partial charge in [0, 0.05) is 42.6 Å². The minimum Gasteiger partial charge on any atom is -0.361 e. The van der Waals surface area contributed by atoms with Gasteiger partial charge in [0.25, 0.3) is 5.91 Å². The molecule has 1 aliphatic rings. The van der Waals surface area contributed by atoms with Gasteiger partial charge >= 0.3 is 0 Å². The smallest absolute Gasteiger partial charge is 0.253 e. The van der Waals surface area contributed by atoms with E-state index in [-0.39, 0.29) is 5.91 Å². The Labute approximate surface area is 245 Å². The number of fused-ring (bicyclic) bond motifs is 2. The maximum atomic E-state index is 13.8. The topological polar surface area (TPSA) is 69.2 Å². The third-order valence-electron chi connectivity index (χ3n) is 8.35. The van der Waals surface area contributed by atoms with Crippen LogP contribution in [0.1, 0.15) is 76.6 Å². The summed E-state index contributed by atoms with van der Waals surface area (Å²) in [6.07, 6.45) is 9.00. The van der Waals surface area contributed by atoms with Crippen molar-refractivity contribution in [2.24, 2.45) is 11.8 Å². The van der Waals surface area contributed by atoms with Crippen LogP contribution < -0.4 is 5.32 Å². The number of aromatic amines is 1. The molecule has 0 saturated carbocycles. The molecule has 1 aliphatic heterocycles. The summed E-state index contributed by atoms with van der Waals surface area (Å²) in [6.45, 7) is 14.8. The van der Waals surface area contributed by atoms with E-state index in [1.165, 1.54) is 37.7 Å². The molecule has 0 unspecified atom stereocenters. The molecular weight excluding hydrogens is 508 g/mol. The Balaban J connectivity index is 1.43. The summed E-state index contributed by atoms with van der Waals surface area (Å²) in [7, 11) is 0. The van der Waals surface area contributed by atoms with Crippen molar-refractivity contribution >= 4 is 39.5 Å². The number of carbonyl (C=O) groups excluding carboxylic acids is 1. The van der Waals surface area contributed by atoms with E-state index in [1.54, 1.807) is 0 Å². The summed E-state index contributed by atoms with van der Waals surface area (Å²) < 4.78 is 2.28. The van der Waals surface area contributed by atoms with Crippen LogP contribution >= 0.6 is 0 Å². The second-order valence-electron chi connectivity index (χ2n) is 12.6. The number of likely N-dealkylation sites (tertiary alicyclic amines) is 1. The summed E-state index contributed by atoms with van der Waals surface area (Å²) >= 11 is 0. The van der Waals surface area contributed by atoms with Crippen LogP contribution in [0.3, 0.4) is 0 Å². The van der Waals surface area contributed by atoms with Crippen LogP contribution in [-0.2, 0) is 6.54 Å². The molecule has 0 bridgehead atoms. The van der Waals surface area contributed by atoms with Crippen LogP contribution in [0.25, 0.3) is 21.9 Å². The molecule has 7 heteroatoms. The van der Waals surface area contributed by atoms with Crippen molar-refractivity contribution in [3.8, 4) is 0 Å². The zero-order chi connectivity index (χ0) is 28.8. The summed E-state index contributed by atoms with van der Waals surface area (Å²) in [6, 6.07) is 14.5. The van der Waals surface area contributed by atoms with E-state index in [1.807, 2.05) is 18.3 Å². The van der Waals surface area contributed by atoms with Crippen LogP contribution in [0.2, 0.25) is 0 Å². The molecule has 5 rings (SSSR count). The number of aromatic nitrogens is 3. The molecule has 41 heavy (non-hydrogen) atoms. The Morgan fingerprint density at radius 2 is 1.71 bits per heavy atom. The summed E-state index contributed by atoms with van der Waals surface area (Å²) in [4.78, 5) is 26.8. The first-order valence-corrected chi connectivity index (χ1v) is 15.7. The highest BCUT2D eigenvalue weighted by molar-refractivity contribution is 5.98. The number of nitrogens with one attached hydrogen (secondary N) is 2. The lowest BCUT2D eigenvalue weighted by Crippen LogP contribution is -2.34. The number of aryl methyl sites for hydroxylation is 1. The zero-order valence-corrected chi connectivity index (χ0v) is 25.5. The molecule has 0 aliphatic carbocycles. The van der Waals surface area contributed by atoms with Gasteiger partial charge in [-0.2, -0.15) is 0 Å². The van der Waals surface area contributed by atoms with Crippen molar-refractivity contribution in [1.29, 1.82) is 0 Å². The number of hydrogen-bond donors (Lipinski definition) is 2. The third-order valence-corrected chi connectivity index (χ3v) is 8.35. The van der Waals surface area contributed by atoms with Gasteiger partial charge in [-0.3, -0.25) is 4.79 Å². The Morgan fingerprint density at radius 3 is 2.44 bits per heavy atom. The predicted octanol–water partition coefficient (Wildman–Crippen LogP) is 7.67. The first-order valence-electron chi connectivity index (χ1n) is 15.7. The van der Waals surface area contributed by atoms with E-state index in [0.717, 1.165) is 79.2 Å². The van der Waals surface area contributed by atoms with E-state index in [4.69, 9.17) is 4.98 Å². The lowest BCUT2D eigenvalue weighted by atomic mass is 10.1. The van der Waals surface area contributed by atoms with Crippen molar-refractivity contribution in [2.75, 3.05) is 38.0 Å². The molecular formula is C34H48N6O. The second kappa shape index (κ2) is 13.6. The molecule has 1 fully saturated rings. The average Bonchev–Trinajstić information content (AvgIpc) is 3.57. The molecule has 220 valence electrons. The van der Waals surface area contributed by atoms with Crippen LogP contribution in [0, 0.1) is 11.8 Å². The van der Waals surface area contributed by atoms with Crippen LogP contribution in [0.5, 0.6) is 0 Å². The maximum absolute atomic E-state index is 13.8. The molecule has 0 spiro atoms. The van der Waals surface area contributed by atoms with Crippen LogP contribution in [0.4, 0.5) is 11.6 Å². The monoisotopic (exact) mass is 556 g/mol. The quantitative estimate of drug-likeness (QED) is 0.177. The largest absolute Gasteiger partial charge is 0.361 e. The van der Waals surface area contributed by atoms with Gasteiger partial charge in [0.15, 0.2) is 0 Å². The van der Waals surface area contributed by atoms with E-state index in [2.05, 4.69) is 82.7 Å². The van der Waals surface area contributed by atoms with Crippen LogP contribution in [-0.4, -0.2) is 63.0 Å². The molecule has 2 N–H and O–H groups in total. The Morgan fingerprint density at radius 1 is 0.951 bits per heavy atom. The number of anilines is 2. The number of hydrogen-bond acceptors (Lipinski definition) is 4. The molecule has 7 nitrogen and oxygen atoms in total. The summed E-state index contributed by atoms with van der Waals surface area (Å²) in [5, 5.41) is 4.78. The fraction of sp³-hybridized carbons (Fsp3) is 0.529. The van der Waals surface area contributed by atoms with Crippen molar-refractivity contribution in [2.45, 2.75) is 72.8 Å². The molecule has 0 atom stereocenters. The van der Waals surface area contributed by atoms with Crippen molar-refractivity contribution in [1.82, 2.24) is 24.3 Å². The van der Waals surface area contributed by atoms with Gasteiger partial charge in [-0.1, -0.05) is 40.2 Å². The molecule has 1 saturated heterocycles. The minimum atomic E-state index is 0.126. The third kappa shape index (κ3) is 7.50. The van der Waals surface area contributed by atoms with Gasteiger partial charge in [-0.15, -0.1) is 0 Å². The fourth-order valence-electron chi connectivity index (χ4n) is 5.79. The van der Waals surface area contributed by atoms with Gasteiger partial charge in [0.1, 0.15) is 0 Å². The van der Waals surface area contributed by atoms with Crippen molar-refractivity contribution in [3.63, 3.8) is 0 Å². The Bertz CT molecular complexity index is 1420. The van der Waals surface area contributed by atoms with Crippen molar-refractivity contribution in [3.05, 3.63) is 54.2 Å². The summed E-state index contributed by atoms with van der Waals surface area (Å²) in [5.41, 5.74) is 4.78. The van der Waals surface area contributed by atoms with Crippen LogP contribution in [0.15, 0.2) is 48.7 Å². The number of imidazole rings is 1. The number of nitrogens with zero attached hydrogens (tertiary/aromatic N) is 4. The normalized spacial score (nSPS) is 14.5. The summed E-state index contributed by atoms with van der Waals surface area (Å²) in [5.74, 6) is 2.07. The number of carbonyl (C=O) groups is 1. The maximum Gasteiger partial charge on any atom is 0.253 e. The highest BCUT2D eigenvalue weighted by atomic mass is 16.2. The molecule has 4 aromatic rings. The molecule has 2 aromatic heterocycles. The number of H-pyrrole nitrogens is 1. The molecule has 3 heterocycles. The second-order valence-corrected chi connectivity index (χ2v) is 12.6. The molecule has 1 amide bonds. The van der Waals surface area contributed by atoms with Gasteiger partial charge in [-0.25, -0.2) is 4.98 Å². The SMILES string of the molecule is CC(C)CCN(CCC(C)C)C(=O)c1ccc2nc(Nc3ccc4cc[nH]c4c3)n(CCCN3CCCCC3)c2c1. The lowest BCUT2D eigenvalue weighted by Gasteiger charge is -2.26. The van der Waals surface area contributed by atoms with Gasteiger partial charge in [0.2, 0.25) is 5.95 Å². The highest BCUT2D eigenvalue weighted by Gasteiger charge is 2.20. The van der Waals surface area contributed by atoms with E-state index in [0.29, 0.717) is 11.8 Å². The minimum absolute atomic E-state index is 0.126. The molecule has 0 radical (unpaired) electrons. The lowest BCUT2D eigenvalue weighted by molar-refractivity contribution is 0.0741. The van der Waals surface area contributed by atoms with E-state index >= 15 is 0 Å². The van der Waals surface area contributed by atoms with E-state index < -0.39 is 0 Å². The first kappa shape index (κ1) is 29.2. The predicted molar refractivity (Wildman–Crippen MR) is 171 cm³/mol. The van der Waals surface area contributed by atoms with Gasteiger partial charge in [0.05, 0.1) is 11.0 Å². The Kier molecular flexibility index (Phi) is 9.65. The number of benzene rings is 2. The number of piperidine rings is 1. The van der Waals surface area contributed by atoms with Gasteiger partial charge < -0.3 is 24.7 Å². The van der Waals surface area contributed by atoms with Gasteiger partial charge in [-0.05, 0) is 105 Å². The average molecular weight is 557 g/mol. The fourth-order valence-corrected chi connectivity index (χ4v) is 5.79. The van der Waals surface area contributed by atoms with Crippen molar-refractivity contribution < 1.29 is 4.79 Å². The molecule has 2 aromatic carbocycles.